The maximum absolute atomic E-state index is 13.1. The van der Waals surface area contributed by atoms with Gasteiger partial charge in [-0.05, 0) is 30.3 Å². The van der Waals surface area contributed by atoms with E-state index in [1.165, 1.54) is 36.4 Å². The fourth-order valence-corrected chi connectivity index (χ4v) is 3.85. The van der Waals surface area contributed by atoms with Gasteiger partial charge in [0.05, 0.1) is 25.7 Å². The predicted molar refractivity (Wildman–Crippen MR) is 101 cm³/mol. The summed E-state index contributed by atoms with van der Waals surface area (Å²) in [6.07, 6.45) is -4.81. The second-order valence-electron chi connectivity index (χ2n) is 5.49. The van der Waals surface area contributed by atoms with E-state index >= 15 is 0 Å². The van der Waals surface area contributed by atoms with Crippen molar-refractivity contribution in [3.8, 4) is 11.3 Å². The third-order valence-electron chi connectivity index (χ3n) is 3.54. The fourth-order valence-electron chi connectivity index (χ4n) is 2.26. The average molecular weight is 471 g/mol. The Labute approximate surface area is 172 Å². The number of aromatic nitrogens is 2. The number of benzene rings is 2. The van der Waals surface area contributed by atoms with Crippen LogP contribution in [0.2, 0.25) is 15.1 Å². The average Bonchev–Trinajstić information content (AvgIpc) is 3.03. The van der Waals surface area contributed by atoms with Crippen LogP contribution in [0.5, 0.6) is 0 Å². The minimum atomic E-state index is -4.81. The Hall–Kier alpha value is -1.94. The highest BCUT2D eigenvalue weighted by Crippen LogP contribution is 2.37. The van der Waals surface area contributed by atoms with Gasteiger partial charge in [-0.25, -0.2) is 0 Å². The SMILES string of the molecule is O=S(=O)(Nn1nc(C(F)(F)F)cc1-c1cc(Cl)c(Cl)c(Cl)c1)c1ccccc1. The lowest BCUT2D eigenvalue weighted by Gasteiger charge is -2.12. The summed E-state index contributed by atoms with van der Waals surface area (Å²) in [5, 5.41) is 3.31. The first-order valence-electron chi connectivity index (χ1n) is 7.39. The third kappa shape index (κ3) is 4.22. The lowest BCUT2D eigenvalue weighted by molar-refractivity contribution is -0.141. The zero-order chi connectivity index (χ0) is 20.7. The minimum Gasteiger partial charge on any atom is -0.200 e. The maximum atomic E-state index is 13.1. The van der Waals surface area contributed by atoms with Crippen molar-refractivity contribution in [2.45, 2.75) is 11.1 Å². The van der Waals surface area contributed by atoms with Gasteiger partial charge in [0.25, 0.3) is 10.0 Å². The number of sulfonamides is 1. The molecule has 0 spiro atoms. The molecular weight excluding hydrogens is 462 g/mol. The number of hydrogen-bond donors (Lipinski definition) is 1. The summed E-state index contributed by atoms with van der Waals surface area (Å²) in [6, 6.07) is 10.3. The molecule has 0 aliphatic carbocycles. The molecule has 0 aliphatic rings. The van der Waals surface area contributed by atoms with Crippen LogP contribution in [0.15, 0.2) is 53.4 Å². The Bertz CT molecular complexity index is 1110. The highest BCUT2D eigenvalue weighted by Gasteiger charge is 2.36. The van der Waals surface area contributed by atoms with Gasteiger partial charge in [-0.15, -0.1) is 5.10 Å². The maximum Gasteiger partial charge on any atom is 0.435 e. The van der Waals surface area contributed by atoms with Crippen molar-refractivity contribution >= 4 is 44.8 Å². The van der Waals surface area contributed by atoms with Crippen molar-refractivity contribution in [1.29, 1.82) is 0 Å². The van der Waals surface area contributed by atoms with E-state index in [1.54, 1.807) is 6.07 Å². The molecule has 0 saturated carbocycles. The Morgan fingerprint density at radius 2 is 1.54 bits per heavy atom. The number of halogens is 6. The largest absolute Gasteiger partial charge is 0.435 e. The van der Waals surface area contributed by atoms with Gasteiger partial charge in [0.15, 0.2) is 5.69 Å². The summed E-state index contributed by atoms with van der Waals surface area (Å²) in [5.74, 6) is 0. The van der Waals surface area contributed by atoms with Crippen LogP contribution in [0.1, 0.15) is 5.69 Å². The topological polar surface area (TPSA) is 64.0 Å². The summed E-state index contributed by atoms with van der Waals surface area (Å²) >= 11 is 17.7. The van der Waals surface area contributed by atoms with E-state index in [2.05, 4.69) is 5.10 Å². The normalized spacial score (nSPS) is 12.2. The molecular formula is C16H9Cl3F3N3O2S. The van der Waals surface area contributed by atoms with Gasteiger partial charge >= 0.3 is 6.18 Å². The van der Waals surface area contributed by atoms with Crippen LogP contribution in [0.3, 0.4) is 0 Å². The lowest BCUT2D eigenvalue weighted by Crippen LogP contribution is -2.25. The van der Waals surface area contributed by atoms with E-state index < -0.39 is 21.9 Å². The monoisotopic (exact) mass is 469 g/mol. The van der Waals surface area contributed by atoms with E-state index in [0.717, 1.165) is 0 Å². The second kappa shape index (κ2) is 7.47. The van der Waals surface area contributed by atoms with E-state index in [4.69, 9.17) is 34.8 Å². The molecule has 0 saturated heterocycles. The van der Waals surface area contributed by atoms with E-state index in [-0.39, 0.29) is 31.2 Å². The molecule has 0 radical (unpaired) electrons. The van der Waals surface area contributed by atoms with Crippen molar-refractivity contribution in [3.63, 3.8) is 0 Å². The van der Waals surface area contributed by atoms with Gasteiger partial charge in [-0.1, -0.05) is 53.0 Å². The molecule has 0 atom stereocenters. The van der Waals surface area contributed by atoms with E-state index in [1.807, 2.05) is 4.83 Å². The Morgan fingerprint density at radius 3 is 2.07 bits per heavy atom. The molecule has 0 aliphatic heterocycles. The fraction of sp³-hybridized carbons (Fsp3) is 0.0625. The Balaban J connectivity index is 2.15. The number of hydrogen-bond acceptors (Lipinski definition) is 3. The third-order valence-corrected chi connectivity index (χ3v) is 6.04. The van der Waals surface area contributed by atoms with Crippen LogP contribution in [-0.4, -0.2) is 18.3 Å². The second-order valence-corrected chi connectivity index (χ2v) is 8.34. The summed E-state index contributed by atoms with van der Waals surface area (Å²) in [5.41, 5.74) is -1.45. The molecule has 3 aromatic rings. The van der Waals surface area contributed by atoms with Crippen molar-refractivity contribution in [1.82, 2.24) is 9.89 Å². The van der Waals surface area contributed by atoms with Gasteiger partial charge in [-0.3, -0.25) is 0 Å². The van der Waals surface area contributed by atoms with Crippen LogP contribution >= 0.6 is 34.8 Å². The zero-order valence-corrected chi connectivity index (χ0v) is 16.6. The van der Waals surface area contributed by atoms with Crippen LogP contribution in [0.4, 0.5) is 13.2 Å². The Kier molecular flexibility index (Phi) is 5.55. The molecule has 5 nitrogen and oxygen atoms in total. The summed E-state index contributed by atoms with van der Waals surface area (Å²) < 4.78 is 64.5. The molecule has 2 aromatic carbocycles. The molecule has 0 fully saturated rings. The standard InChI is InChI=1S/C16H9Cl3F3N3O2S/c17-11-6-9(7-12(18)15(11)19)13-8-14(16(20,21)22)23-25(13)24-28(26,27)10-4-2-1-3-5-10/h1-8,24H. The van der Waals surface area contributed by atoms with Crippen LogP contribution in [0, 0.1) is 0 Å². The number of nitrogens with zero attached hydrogens (tertiary/aromatic N) is 2. The van der Waals surface area contributed by atoms with Crippen LogP contribution in [-0.2, 0) is 16.2 Å². The minimum absolute atomic E-state index is 0.0130. The van der Waals surface area contributed by atoms with E-state index in [0.29, 0.717) is 10.9 Å². The quantitative estimate of drug-likeness (QED) is 0.515. The number of nitrogens with one attached hydrogen (secondary N) is 1. The molecule has 0 unspecified atom stereocenters. The van der Waals surface area contributed by atoms with Gasteiger partial charge in [0.1, 0.15) is 0 Å². The molecule has 0 amide bonds. The molecule has 1 aromatic heterocycles. The highest BCUT2D eigenvalue weighted by atomic mass is 35.5. The number of rotatable bonds is 4. The summed E-state index contributed by atoms with van der Waals surface area (Å²) in [7, 11) is -4.21. The van der Waals surface area contributed by atoms with Crippen molar-refractivity contribution in [3.05, 3.63) is 69.3 Å². The molecule has 0 bridgehead atoms. The summed E-state index contributed by atoms with van der Waals surface area (Å²) in [4.78, 5) is 2.35. The van der Waals surface area contributed by atoms with Crippen LogP contribution < -0.4 is 4.83 Å². The number of alkyl halides is 3. The van der Waals surface area contributed by atoms with Crippen molar-refractivity contribution in [2.24, 2.45) is 0 Å². The molecule has 1 heterocycles. The summed E-state index contributed by atoms with van der Waals surface area (Å²) in [6.45, 7) is 0. The smallest absolute Gasteiger partial charge is 0.200 e. The molecule has 1 N–H and O–H groups in total. The van der Waals surface area contributed by atoms with Crippen molar-refractivity contribution < 1.29 is 21.6 Å². The molecule has 12 heteroatoms. The molecule has 3 rings (SSSR count). The van der Waals surface area contributed by atoms with Gasteiger partial charge < -0.3 is 0 Å². The lowest BCUT2D eigenvalue weighted by atomic mass is 10.1. The van der Waals surface area contributed by atoms with Gasteiger partial charge in [-0.2, -0.15) is 31.2 Å². The molecule has 148 valence electrons. The first kappa shape index (κ1) is 20.8. The van der Waals surface area contributed by atoms with Crippen LogP contribution in [0.25, 0.3) is 11.3 Å². The predicted octanol–water partition coefficient (Wildman–Crippen LogP) is 5.46. The highest BCUT2D eigenvalue weighted by molar-refractivity contribution is 7.92. The van der Waals surface area contributed by atoms with Gasteiger partial charge in [0.2, 0.25) is 0 Å². The van der Waals surface area contributed by atoms with Crippen molar-refractivity contribution in [2.75, 3.05) is 4.83 Å². The first-order valence-corrected chi connectivity index (χ1v) is 10.0. The molecule has 28 heavy (non-hydrogen) atoms. The first-order chi connectivity index (χ1) is 13.0. The zero-order valence-electron chi connectivity index (χ0n) is 13.5. The van der Waals surface area contributed by atoms with E-state index in [9.17, 15) is 21.6 Å². The Morgan fingerprint density at radius 1 is 0.964 bits per heavy atom. The van der Waals surface area contributed by atoms with Gasteiger partial charge in [0, 0.05) is 5.56 Å².